The van der Waals surface area contributed by atoms with Gasteiger partial charge in [-0.15, -0.1) is 0 Å². The summed E-state index contributed by atoms with van der Waals surface area (Å²) < 4.78 is 45.6. The highest BCUT2D eigenvalue weighted by Crippen LogP contribution is 2.40. The van der Waals surface area contributed by atoms with Gasteiger partial charge in [-0.05, 0) is 32.0 Å². The van der Waals surface area contributed by atoms with Crippen LogP contribution in [-0.4, -0.2) is 47.9 Å². The number of ether oxygens (including phenoxy) is 3. The van der Waals surface area contributed by atoms with Gasteiger partial charge in [0.05, 0.1) is 42.8 Å². The minimum atomic E-state index is -4.01. The number of nitrogens with zero attached hydrogens (tertiary/aromatic N) is 1. The van der Waals surface area contributed by atoms with Gasteiger partial charge in [0, 0.05) is 30.2 Å². The molecule has 2 aromatic carbocycles. The molecule has 7 nitrogen and oxygen atoms in total. The molecule has 0 saturated carbocycles. The van der Waals surface area contributed by atoms with Crippen LogP contribution in [0.1, 0.15) is 13.8 Å². The molecule has 164 valence electrons. The molecule has 0 spiro atoms. The molecule has 1 aliphatic rings. The third-order valence-electron chi connectivity index (χ3n) is 4.44. The third kappa shape index (κ3) is 5.24. The van der Waals surface area contributed by atoms with Gasteiger partial charge in [0.2, 0.25) is 0 Å². The smallest absolute Gasteiger partial charge is 0.263 e. The summed E-state index contributed by atoms with van der Waals surface area (Å²) in [6.45, 7) is 7.12. The first-order valence-corrected chi connectivity index (χ1v) is 11.8. The van der Waals surface area contributed by atoms with Crippen LogP contribution in [-0.2, 0) is 14.8 Å². The lowest BCUT2D eigenvalue weighted by Crippen LogP contribution is -2.36. The highest BCUT2D eigenvalue weighted by atomic mass is 35.5. The lowest BCUT2D eigenvalue weighted by molar-refractivity contribution is 0.122. The van der Waals surface area contributed by atoms with Crippen LogP contribution < -0.4 is 19.1 Å². The number of anilines is 2. The van der Waals surface area contributed by atoms with Gasteiger partial charge in [-0.2, -0.15) is 0 Å². The minimum absolute atomic E-state index is 0.0693. The maximum atomic E-state index is 13.0. The van der Waals surface area contributed by atoms with Crippen LogP contribution in [0, 0.1) is 0 Å². The Morgan fingerprint density at radius 2 is 1.70 bits per heavy atom. The Labute approximate surface area is 186 Å². The van der Waals surface area contributed by atoms with Crippen molar-refractivity contribution in [1.82, 2.24) is 0 Å². The van der Waals surface area contributed by atoms with E-state index in [-0.39, 0.29) is 20.6 Å². The molecule has 0 atom stereocenters. The fourth-order valence-corrected chi connectivity index (χ4v) is 4.93. The molecule has 3 rings (SSSR count). The van der Waals surface area contributed by atoms with Crippen molar-refractivity contribution in [2.75, 3.05) is 49.1 Å². The zero-order valence-corrected chi connectivity index (χ0v) is 19.1. The number of halogens is 2. The number of morpholine rings is 1. The molecule has 30 heavy (non-hydrogen) atoms. The molecule has 1 saturated heterocycles. The SMILES string of the molecule is CCOc1cc(N2CCOCC2)c(OCC)cc1NS(=O)(=O)c1cc(Cl)ccc1Cl. The van der Waals surface area contributed by atoms with Gasteiger partial charge in [-0.3, -0.25) is 4.72 Å². The van der Waals surface area contributed by atoms with E-state index in [1.807, 2.05) is 13.8 Å². The molecular weight excluding hydrogens is 451 g/mol. The van der Waals surface area contributed by atoms with Crippen molar-refractivity contribution in [2.24, 2.45) is 0 Å². The molecule has 10 heteroatoms. The van der Waals surface area contributed by atoms with Gasteiger partial charge in [-0.1, -0.05) is 23.2 Å². The lowest BCUT2D eigenvalue weighted by atomic mass is 10.2. The van der Waals surface area contributed by atoms with Gasteiger partial charge in [0.25, 0.3) is 10.0 Å². The second kappa shape index (κ2) is 9.96. The second-order valence-corrected chi connectivity index (χ2v) is 8.96. The fraction of sp³-hybridized carbons (Fsp3) is 0.400. The summed E-state index contributed by atoms with van der Waals surface area (Å²) >= 11 is 12.1. The molecule has 0 amide bonds. The first-order chi connectivity index (χ1) is 14.4. The zero-order valence-electron chi connectivity index (χ0n) is 16.8. The van der Waals surface area contributed by atoms with E-state index in [2.05, 4.69) is 9.62 Å². The number of hydrogen-bond donors (Lipinski definition) is 1. The Bertz CT molecular complexity index is 995. The minimum Gasteiger partial charge on any atom is -0.492 e. The predicted octanol–water partition coefficient (Wildman–Crippen LogP) is 4.43. The van der Waals surface area contributed by atoms with E-state index in [0.29, 0.717) is 51.0 Å². The highest BCUT2D eigenvalue weighted by molar-refractivity contribution is 7.92. The van der Waals surface area contributed by atoms with Crippen molar-refractivity contribution in [3.63, 3.8) is 0 Å². The van der Waals surface area contributed by atoms with Crippen molar-refractivity contribution in [3.8, 4) is 11.5 Å². The average Bonchev–Trinajstić information content (AvgIpc) is 2.72. The summed E-state index contributed by atoms with van der Waals surface area (Å²) in [4.78, 5) is 2.01. The van der Waals surface area contributed by atoms with Crippen LogP contribution in [0.2, 0.25) is 10.0 Å². The third-order valence-corrected chi connectivity index (χ3v) is 6.52. The van der Waals surface area contributed by atoms with Gasteiger partial charge >= 0.3 is 0 Å². The van der Waals surface area contributed by atoms with Crippen LogP contribution >= 0.6 is 23.2 Å². The molecule has 1 heterocycles. The Morgan fingerprint density at radius 1 is 1.03 bits per heavy atom. The monoisotopic (exact) mass is 474 g/mol. The predicted molar refractivity (Wildman–Crippen MR) is 119 cm³/mol. The number of rotatable bonds is 8. The van der Waals surface area contributed by atoms with Crippen LogP contribution in [0.15, 0.2) is 35.2 Å². The van der Waals surface area contributed by atoms with E-state index >= 15 is 0 Å². The Balaban J connectivity index is 2.04. The van der Waals surface area contributed by atoms with Crippen molar-refractivity contribution in [3.05, 3.63) is 40.4 Å². The molecule has 0 unspecified atom stereocenters. The highest BCUT2D eigenvalue weighted by Gasteiger charge is 2.24. The Morgan fingerprint density at radius 3 is 2.37 bits per heavy atom. The Hall–Kier alpha value is -1.87. The average molecular weight is 475 g/mol. The van der Waals surface area contributed by atoms with Crippen molar-refractivity contribution in [2.45, 2.75) is 18.7 Å². The molecule has 1 aliphatic heterocycles. The number of sulfonamides is 1. The van der Waals surface area contributed by atoms with E-state index in [4.69, 9.17) is 37.4 Å². The van der Waals surface area contributed by atoms with Crippen molar-refractivity contribution >= 4 is 44.6 Å². The topological polar surface area (TPSA) is 77.1 Å². The standard InChI is InChI=1S/C20H24Cl2N2O5S/c1-3-28-18-13-17(24-7-9-27-10-8-24)19(29-4-2)12-16(18)23-30(25,26)20-11-14(21)5-6-15(20)22/h5-6,11-13,23H,3-4,7-10H2,1-2H3. The normalized spacial score (nSPS) is 14.5. The van der Waals surface area contributed by atoms with Crippen molar-refractivity contribution in [1.29, 1.82) is 0 Å². The molecule has 0 aromatic heterocycles. The quantitative estimate of drug-likeness (QED) is 0.609. The maximum Gasteiger partial charge on any atom is 0.263 e. The molecular formula is C20H24Cl2N2O5S. The summed E-state index contributed by atoms with van der Waals surface area (Å²) in [5, 5.41) is 0.335. The van der Waals surface area contributed by atoms with Gasteiger partial charge < -0.3 is 19.1 Å². The van der Waals surface area contributed by atoms with Crippen molar-refractivity contribution < 1.29 is 22.6 Å². The lowest BCUT2D eigenvalue weighted by Gasteiger charge is -2.31. The van der Waals surface area contributed by atoms with E-state index in [1.165, 1.54) is 18.2 Å². The summed E-state index contributed by atoms with van der Waals surface area (Å²) in [6.07, 6.45) is 0. The van der Waals surface area contributed by atoms with Crippen LogP contribution in [0.5, 0.6) is 11.5 Å². The van der Waals surface area contributed by atoms with Crippen LogP contribution in [0.3, 0.4) is 0 Å². The first kappa shape index (κ1) is 22.8. The van der Waals surface area contributed by atoms with Crippen LogP contribution in [0.4, 0.5) is 11.4 Å². The van der Waals surface area contributed by atoms with Gasteiger partial charge in [0.15, 0.2) is 0 Å². The number of nitrogens with one attached hydrogen (secondary N) is 1. The number of hydrogen-bond acceptors (Lipinski definition) is 6. The van der Waals surface area contributed by atoms with E-state index < -0.39 is 10.0 Å². The molecule has 1 N–H and O–H groups in total. The molecule has 0 bridgehead atoms. The van der Waals surface area contributed by atoms with E-state index in [1.54, 1.807) is 12.1 Å². The number of benzene rings is 2. The van der Waals surface area contributed by atoms with E-state index in [9.17, 15) is 8.42 Å². The van der Waals surface area contributed by atoms with Gasteiger partial charge in [0.1, 0.15) is 16.4 Å². The van der Waals surface area contributed by atoms with E-state index in [0.717, 1.165) is 5.69 Å². The summed E-state index contributed by atoms with van der Waals surface area (Å²) in [7, 11) is -4.01. The summed E-state index contributed by atoms with van der Waals surface area (Å²) in [5.74, 6) is 0.946. The van der Waals surface area contributed by atoms with Gasteiger partial charge in [-0.25, -0.2) is 8.42 Å². The fourth-order valence-electron chi connectivity index (χ4n) is 3.11. The second-order valence-electron chi connectivity index (χ2n) is 6.46. The summed E-state index contributed by atoms with van der Waals surface area (Å²) in [6, 6.07) is 7.69. The maximum absolute atomic E-state index is 13.0. The largest absolute Gasteiger partial charge is 0.492 e. The van der Waals surface area contributed by atoms with Crippen LogP contribution in [0.25, 0.3) is 0 Å². The zero-order chi connectivity index (χ0) is 21.7. The first-order valence-electron chi connectivity index (χ1n) is 9.60. The Kier molecular flexibility index (Phi) is 7.57. The molecule has 2 aromatic rings. The molecule has 0 radical (unpaired) electrons. The summed E-state index contributed by atoms with van der Waals surface area (Å²) in [5.41, 5.74) is 1.08. The molecule has 0 aliphatic carbocycles. The molecule has 1 fully saturated rings.